The average Bonchev–Trinajstić information content (AvgIpc) is 2.39. The molecule has 100 valence electrons. The number of aryl methyl sites for hydroxylation is 2. The Kier molecular flexibility index (Phi) is 4.10. The minimum Gasteiger partial charge on any atom is -0.370 e. The summed E-state index contributed by atoms with van der Waals surface area (Å²) >= 11 is 0. The predicted octanol–water partition coefficient (Wildman–Crippen LogP) is 3.15. The Labute approximate surface area is 114 Å². The predicted molar refractivity (Wildman–Crippen MR) is 78.3 cm³/mol. The molecule has 0 unspecified atom stereocenters. The molecule has 4 nitrogen and oxygen atoms in total. The molecule has 0 aliphatic carbocycles. The van der Waals surface area contributed by atoms with Gasteiger partial charge >= 0.3 is 0 Å². The molecule has 4 heteroatoms. The first kappa shape index (κ1) is 13.5. The van der Waals surface area contributed by atoms with E-state index in [2.05, 4.69) is 34.1 Å². The third kappa shape index (κ3) is 2.72. The second-order valence-corrected chi connectivity index (χ2v) is 4.53. The number of hydrogen-bond donors (Lipinski definition) is 1. The Balaban J connectivity index is 2.57. The van der Waals surface area contributed by atoms with Gasteiger partial charge in [0.15, 0.2) is 5.82 Å². The van der Waals surface area contributed by atoms with Crippen LogP contribution in [0.4, 0.5) is 5.82 Å². The summed E-state index contributed by atoms with van der Waals surface area (Å²) in [5.74, 6) is 1.72. The number of nitrogens with zero attached hydrogens (tertiary/aromatic N) is 3. The van der Waals surface area contributed by atoms with E-state index in [4.69, 9.17) is 0 Å². The zero-order valence-corrected chi connectivity index (χ0v) is 12.0. The standard InChI is InChI=1S/C15H20N4/c1-5-12-11(4)18-15(19-14(12)17-6-2)13-7-8-16-9-10(13)3/h7-9H,5-6H2,1-4H3,(H,17,18,19). The number of anilines is 1. The van der Waals surface area contributed by atoms with E-state index in [1.54, 1.807) is 6.20 Å². The van der Waals surface area contributed by atoms with Crippen molar-refractivity contribution in [3.8, 4) is 11.4 Å². The molecule has 2 heterocycles. The zero-order chi connectivity index (χ0) is 13.8. The molecule has 0 aliphatic heterocycles. The minimum atomic E-state index is 0.769. The van der Waals surface area contributed by atoms with Gasteiger partial charge in [-0.05, 0) is 38.8 Å². The molecule has 0 aromatic carbocycles. The molecule has 2 aromatic heterocycles. The molecule has 19 heavy (non-hydrogen) atoms. The highest BCUT2D eigenvalue weighted by atomic mass is 15.0. The van der Waals surface area contributed by atoms with Crippen molar-refractivity contribution in [3.63, 3.8) is 0 Å². The summed E-state index contributed by atoms with van der Waals surface area (Å²) in [5, 5.41) is 3.33. The topological polar surface area (TPSA) is 50.7 Å². The van der Waals surface area contributed by atoms with E-state index in [0.717, 1.165) is 41.4 Å². The van der Waals surface area contributed by atoms with Crippen molar-refractivity contribution >= 4 is 5.82 Å². The van der Waals surface area contributed by atoms with Gasteiger partial charge in [0.2, 0.25) is 0 Å². The third-order valence-electron chi connectivity index (χ3n) is 3.17. The Bertz CT molecular complexity index is 578. The smallest absolute Gasteiger partial charge is 0.162 e. The maximum atomic E-state index is 4.68. The van der Waals surface area contributed by atoms with Crippen molar-refractivity contribution in [2.45, 2.75) is 34.1 Å². The lowest BCUT2D eigenvalue weighted by Gasteiger charge is -2.13. The third-order valence-corrected chi connectivity index (χ3v) is 3.17. The molecule has 0 fully saturated rings. The molecule has 2 aromatic rings. The largest absolute Gasteiger partial charge is 0.370 e. The van der Waals surface area contributed by atoms with Crippen LogP contribution >= 0.6 is 0 Å². The molecule has 0 spiro atoms. The van der Waals surface area contributed by atoms with E-state index >= 15 is 0 Å². The Hall–Kier alpha value is -1.97. The van der Waals surface area contributed by atoms with Crippen molar-refractivity contribution in [3.05, 3.63) is 35.3 Å². The molecule has 0 atom stereocenters. The van der Waals surface area contributed by atoms with Gasteiger partial charge in [-0.1, -0.05) is 6.92 Å². The lowest BCUT2D eigenvalue weighted by Crippen LogP contribution is -2.08. The lowest BCUT2D eigenvalue weighted by atomic mass is 10.1. The second-order valence-electron chi connectivity index (χ2n) is 4.53. The summed E-state index contributed by atoms with van der Waals surface area (Å²) in [4.78, 5) is 13.4. The Morgan fingerprint density at radius 2 is 1.95 bits per heavy atom. The zero-order valence-electron chi connectivity index (χ0n) is 12.0. The van der Waals surface area contributed by atoms with Crippen LogP contribution in [0.5, 0.6) is 0 Å². The SMILES string of the molecule is CCNc1nc(-c2ccncc2C)nc(C)c1CC. The molecule has 0 radical (unpaired) electrons. The van der Waals surface area contributed by atoms with Crippen LogP contribution in [0.15, 0.2) is 18.5 Å². The molecule has 0 saturated heterocycles. The Morgan fingerprint density at radius 3 is 2.58 bits per heavy atom. The maximum absolute atomic E-state index is 4.68. The van der Waals surface area contributed by atoms with E-state index in [1.165, 1.54) is 5.56 Å². The van der Waals surface area contributed by atoms with Gasteiger partial charge in [-0.3, -0.25) is 4.98 Å². The van der Waals surface area contributed by atoms with Crippen LogP contribution in [0, 0.1) is 13.8 Å². The van der Waals surface area contributed by atoms with Crippen molar-refractivity contribution in [1.29, 1.82) is 0 Å². The molecule has 0 amide bonds. The quantitative estimate of drug-likeness (QED) is 0.913. The first-order valence-electron chi connectivity index (χ1n) is 6.69. The van der Waals surface area contributed by atoms with E-state index in [-0.39, 0.29) is 0 Å². The summed E-state index contributed by atoms with van der Waals surface area (Å²) < 4.78 is 0. The summed E-state index contributed by atoms with van der Waals surface area (Å²) in [6.07, 6.45) is 4.56. The average molecular weight is 256 g/mol. The van der Waals surface area contributed by atoms with Crippen LogP contribution in [0.1, 0.15) is 30.7 Å². The van der Waals surface area contributed by atoms with Crippen molar-refractivity contribution in [2.24, 2.45) is 0 Å². The van der Waals surface area contributed by atoms with Gasteiger partial charge in [0.25, 0.3) is 0 Å². The van der Waals surface area contributed by atoms with Crippen molar-refractivity contribution < 1.29 is 0 Å². The number of rotatable bonds is 4. The van der Waals surface area contributed by atoms with Gasteiger partial charge in [-0.25, -0.2) is 9.97 Å². The van der Waals surface area contributed by atoms with Crippen LogP contribution in [-0.2, 0) is 6.42 Å². The second kappa shape index (κ2) is 5.78. The van der Waals surface area contributed by atoms with Crippen LogP contribution in [0.3, 0.4) is 0 Å². The fourth-order valence-corrected chi connectivity index (χ4v) is 2.18. The van der Waals surface area contributed by atoms with E-state index in [0.29, 0.717) is 0 Å². The van der Waals surface area contributed by atoms with Gasteiger partial charge in [0.1, 0.15) is 5.82 Å². The van der Waals surface area contributed by atoms with Crippen molar-refractivity contribution in [1.82, 2.24) is 15.0 Å². The van der Waals surface area contributed by atoms with Gasteiger partial charge in [-0.2, -0.15) is 0 Å². The van der Waals surface area contributed by atoms with Gasteiger partial charge in [-0.15, -0.1) is 0 Å². The van der Waals surface area contributed by atoms with Crippen LogP contribution < -0.4 is 5.32 Å². The highest BCUT2D eigenvalue weighted by molar-refractivity contribution is 5.62. The number of pyridine rings is 1. The fraction of sp³-hybridized carbons (Fsp3) is 0.400. The van der Waals surface area contributed by atoms with Crippen LogP contribution in [-0.4, -0.2) is 21.5 Å². The summed E-state index contributed by atoms with van der Waals surface area (Å²) in [7, 11) is 0. The normalized spacial score (nSPS) is 10.5. The molecule has 0 aliphatic rings. The number of aromatic nitrogens is 3. The van der Waals surface area contributed by atoms with E-state index in [1.807, 2.05) is 26.1 Å². The fourth-order valence-electron chi connectivity index (χ4n) is 2.18. The number of hydrogen-bond acceptors (Lipinski definition) is 4. The van der Waals surface area contributed by atoms with E-state index in [9.17, 15) is 0 Å². The van der Waals surface area contributed by atoms with Crippen LogP contribution in [0.25, 0.3) is 11.4 Å². The van der Waals surface area contributed by atoms with Crippen molar-refractivity contribution in [2.75, 3.05) is 11.9 Å². The Morgan fingerprint density at radius 1 is 1.16 bits per heavy atom. The molecular weight excluding hydrogens is 236 g/mol. The molecule has 0 bridgehead atoms. The monoisotopic (exact) mass is 256 g/mol. The van der Waals surface area contributed by atoms with Gasteiger partial charge < -0.3 is 5.32 Å². The summed E-state index contributed by atoms with van der Waals surface area (Å²) in [6.45, 7) is 9.14. The lowest BCUT2D eigenvalue weighted by molar-refractivity contribution is 0.987. The highest BCUT2D eigenvalue weighted by Gasteiger charge is 2.12. The van der Waals surface area contributed by atoms with Gasteiger partial charge in [0.05, 0.1) is 0 Å². The molecule has 0 saturated carbocycles. The van der Waals surface area contributed by atoms with E-state index < -0.39 is 0 Å². The maximum Gasteiger partial charge on any atom is 0.162 e. The van der Waals surface area contributed by atoms with Crippen LogP contribution in [0.2, 0.25) is 0 Å². The first-order chi connectivity index (χ1) is 9.17. The molecule has 1 N–H and O–H groups in total. The first-order valence-corrected chi connectivity index (χ1v) is 6.69. The summed E-state index contributed by atoms with van der Waals surface area (Å²) in [5.41, 5.74) is 4.37. The highest BCUT2D eigenvalue weighted by Crippen LogP contribution is 2.24. The minimum absolute atomic E-state index is 0.769. The summed E-state index contributed by atoms with van der Waals surface area (Å²) in [6, 6.07) is 1.96. The van der Waals surface area contributed by atoms with Gasteiger partial charge in [0, 0.05) is 35.8 Å². The number of nitrogens with one attached hydrogen (secondary N) is 1. The molecular formula is C15H20N4. The molecule has 2 rings (SSSR count).